The van der Waals surface area contributed by atoms with E-state index in [1.807, 2.05) is 0 Å². The number of hydrogen-bond donors (Lipinski definition) is 2. The Bertz CT molecular complexity index is 97.8. The van der Waals surface area contributed by atoms with Crippen LogP contribution in [0.5, 0.6) is 0 Å². The molecule has 0 spiro atoms. The Hall–Kier alpha value is -0.660. The van der Waals surface area contributed by atoms with Crippen LogP contribution in [0.4, 0.5) is 0 Å². The second-order valence-corrected chi connectivity index (χ2v) is 2.75. The van der Waals surface area contributed by atoms with Crippen LogP contribution in [-0.4, -0.2) is 13.1 Å². The van der Waals surface area contributed by atoms with Gasteiger partial charge in [-0.3, -0.25) is 0 Å². The predicted molar refractivity (Wildman–Crippen MR) is 43.6 cm³/mol. The van der Waals surface area contributed by atoms with Crippen LogP contribution in [-0.2, 0) is 0 Å². The summed E-state index contributed by atoms with van der Waals surface area (Å²) in [5.41, 5.74) is 0. The molecule has 0 amide bonds. The Kier molecular flexibility index (Phi) is 3.13. The molecule has 0 aromatic heterocycles. The SMILES string of the molecule is C=C1NCCCCCCN1. The van der Waals surface area contributed by atoms with Crippen molar-refractivity contribution in [3.8, 4) is 0 Å². The Morgan fingerprint density at radius 3 is 1.90 bits per heavy atom. The zero-order valence-electron chi connectivity index (χ0n) is 6.45. The summed E-state index contributed by atoms with van der Waals surface area (Å²) in [5, 5.41) is 6.44. The highest BCUT2D eigenvalue weighted by Gasteiger charge is 1.96. The molecular formula is C8H16N2. The molecule has 2 nitrogen and oxygen atoms in total. The topological polar surface area (TPSA) is 24.1 Å². The van der Waals surface area contributed by atoms with Gasteiger partial charge >= 0.3 is 0 Å². The maximum absolute atomic E-state index is 3.84. The minimum atomic E-state index is 0.988. The van der Waals surface area contributed by atoms with Crippen molar-refractivity contribution in [3.05, 3.63) is 12.4 Å². The van der Waals surface area contributed by atoms with Crippen LogP contribution in [0.25, 0.3) is 0 Å². The van der Waals surface area contributed by atoms with Gasteiger partial charge < -0.3 is 10.6 Å². The number of rotatable bonds is 0. The number of nitrogens with one attached hydrogen (secondary N) is 2. The minimum absolute atomic E-state index is 0.988. The smallest absolute Gasteiger partial charge is 0.0912 e. The van der Waals surface area contributed by atoms with E-state index >= 15 is 0 Å². The fourth-order valence-corrected chi connectivity index (χ4v) is 1.14. The molecule has 0 radical (unpaired) electrons. The second kappa shape index (κ2) is 4.20. The van der Waals surface area contributed by atoms with E-state index in [0.717, 1.165) is 18.9 Å². The van der Waals surface area contributed by atoms with E-state index in [4.69, 9.17) is 0 Å². The summed E-state index contributed by atoms with van der Waals surface area (Å²) >= 11 is 0. The lowest BCUT2D eigenvalue weighted by atomic mass is 10.2. The van der Waals surface area contributed by atoms with Gasteiger partial charge in [0.05, 0.1) is 5.82 Å². The first-order chi connectivity index (χ1) is 4.89. The van der Waals surface area contributed by atoms with Gasteiger partial charge in [-0.25, -0.2) is 0 Å². The average molecular weight is 140 g/mol. The Labute approximate surface area is 62.7 Å². The molecule has 0 aromatic carbocycles. The van der Waals surface area contributed by atoms with Gasteiger partial charge in [-0.1, -0.05) is 19.4 Å². The lowest BCUT2D eigenvalue weighted by molar-refractivity contribution is 0.647. The van der Waals surface area contributed by atoms with Crippen molar-refractivity contribution in [2.24, 2.45) is 0 Å². The van der Waals surface area contributed by atoms with E-state index in [-0.39, 0.29) is 0 Å². The van der Waals surface area contributed by atoms with Crippen molar-refractivity contribution < 1.29 is 0 Å². The number of hydrogen-bond acceptors (Lipinski definition) is 2. The molecular weight excluding hydrogens is 124 g/mol. The van der Waals surface area contributed by atoms with Crippen LogP contribution in [0.2, 0.25) is 0 Å². The van der Waals surface area contributed by atoms with E-state index < -0.39 is 0 Å². The van der Waals surface area contributed by atoms with E-state index in [0.29, 0.717) is 0 Å². The first kappa shape index (κ1) is 7.45. The Balaban J connectivity index is 2.21. The third-order valence-electron chi connectivity index (χ3n) is 1.78. The molecule has 0 bridgehead atoms. The van der Waals surface area contributed by atoms with Crippen molar-refractivity contribution in [1.82, 2.24) is 10.6 Å². The summed E-state index contributed by atoms with van der Waals surface area (Å²) < 4.78 is 0. The van der Waals surface area contributed by atoms with Crippen molar-refractivity contribution in [2.75, 3.05) is 13.1 Å². The van der Waals surface area contributed by atoms with Gasteiger partial charge in [-0.05, 0) is 12.8 Å². The summed E-state index contributed by atoms with van der Waals surface area (Å²) in [4.78, 5) is 0. The monoisotopic (exact) mass is 140 g/mol. The quantitative estimate of drug-likeness (QED) is 0.528. The van der Waals surface area contributed by atoms with Crippen molar-refractivity contribution in [3.63, 3.8) is 0 Å². The van der Waals surface area contributed by atoms with E-state index in [2.05, 4.69) is 17.2 Å². The molecule has 0 unspecified atom stereocenters. The largest absolute Gasteiger partial charge is 0.372 e. The van der Waals surface area contributed by atoms with Crippen LogP contribution < -0.4 is 10.6 Å². The molecule has 0 aliphatic carbocycles. The van der Waals surface area contributed by atoms with Gasteiger partial charge in [0.1, 0.15) is 0 Å². The summed E-state index contributed by atoms with van der Waals surface area (Å²) in [5.74, 6) is 0.988. The summed E-state index contributed by atoms with van der Waals surface area (Å²) in [7, 11) is 0. The fourth-order valence-electron chi connectivity index (χ4n) is 1.14. The third-order valence-corrected chi connectivity index (χ3v) is 1.78. The molecule has 1 aliphatic heterocycles. The lowest BCUT2D eigenvalue weighted by Crippen LogP contribution is -2.25. The highest BCUT2D eigenvalue weighted by atomic mass is 15.1. The van der Waals surface area contributed by atoms with E-state index in [1.54, 1.807) is 0 Å². The van der Waals surface area contributed by atoms with E-state index in [9.17, 15) is 0 Å². The molecule has 1 aliphatic rings. The molecule has 2 N–H and O–H groups in total. The second-order valence-electron chi connectivity index (χ2n) is 2.75. The van der Waals surface area contributed by atoms with Gasteiger partial charge in [0, 0.05) is 13.1 Å². The molecule has 0 aromatic rings. The summed E-state index contributed by atoms with van der Waals surface area (Å²) in [6, 6.07) is 0. The average Bonchev–Trinajstić information content (AvgIpc) is 2.02. The van der Waals surface area contributed by atoms with Gasteiger partial charge in [0.2, 0.25) is 0 Å². The van der Waals surface area contributed by atoms with E-state index in [1.165, 1.54) is 25.7 Å². The van der Waals surface area contributed by atoms with Crippen molar-refractivity contribution in [1.29, 1.82) is 0 Å². The summed E-state index contributed by atoms with van der Waals surface area (Å²) in [6.45, 7) is 5.99. The fraction of sp³-hybridized carbons (Fsp3) is 0.750. The highest BCUT2D eigenvalue weighted by Crippen LogP contribution is 2.00. The van der Waals surface area contributed by atoms with Gasteiger partial charge in [0.15, 0.2) is 0 Å². The third kappa shape index (κ3) is 2.76. The van der Waals surface area contributed by atoms with Crippen LogP contribution >= 0.6 is 0 Å². The first-order valence-electron chi connectivity index (χ1n) is 4.06. The lowest BCUT2D eigenvalue weighted by Gasteiger charge is -2.08. The maximum atomic E-state index is 3.84. The maximum Gasteiger partial charge on any atom is 0.0912 e. The molecule has 58 valence electrons. The predicted octanol–water partition coefficient (Wildman–Crippen LogP) is 1.21. The van der Waals surface area contributed by atoms with Crippen molar-refractivity contribution >= 4 is 0 Å². The molecule has 1 saturated heterocycles. The highest BCUT2D eigenvalue weighted by molar-refractivity contribution is 4.87. The van der Waals surface area contributed by atoms with Gasteiger partial charge in [0.25, 0.3) is 0 Å². The molecule has 2 heteroatoms. The normalized spacial score (nSPS) is 21.4. The zero-order valence-corrected chi connectivity index (χ0v) is 6.45. The van der Waals surface area contributed by atoms with Crippen LogP contribution in [0.3, 0.4) is 0 Å². The van der Waals surface area contributed by atoms with Crippen LogP contribution in [0, 0.1) is 0 Å². The van der Waals surface area contributed by atoms with Crippen LogP contribution in [0.1, 0.15) is 25.7 Å². The Morgan fingerprint density at radius 2 is 1.40 bits per heavy atom. The molecule has 1 heterocycles. The minimum Gasteiger partial charge on any atom is -0.372 e. The molecule has 0 atom stereocenters. The molecule has 10 heavy (non-hydrogen) atoms. The molecule has 1 fully saturated rings. The zero-order chi connectivity index (χ0) is 7.23. The van der Waals surface area contributed by atoms with Gasteiger partial charge in [-0.2, -0.15) is 0 Å². The van der Waals surface area contributed by atoms with Crippen molar-refractivity contribution in [2.45, 2.75) is 25.7 Å². The first-order valence-corrected chi connectivity index (χ1v) is 4.06. The molecule has 0 saturated carbocycles. The Morgan fingerprint density at radius 1 is 0.900 bits per heavy atom. The summed E-state index contributed by atoms with van der Waals surface area (Å²) in [6.07, 6.45) is 5.26. The van der Waals surface area contributed by atoms with Gasteiger partial charge in [-0.15, -0.1) is 0 Å². The van der Waals surface area contributed by atoms with Crippen LogP contribution in [0.15, 0.2) is 12.4 Å². The molecule has 1 rings (SSSR count). The standard InChI is InChI=1S/C8H16N2/c1-8-9-6-4-2-3-5-7-10-8/h9-10H,1-7H2.